The number of carboxylic acid groups (broad SMARTS) is 1. The fourth-order valence-electron chi connectivity index (χ4n) is 3.08. The van der Waals surface area contributed by atoms with E-state index in [1.165, 1.54) is 5.56 Å². The van der Waals surface area contributed by atoms with Gasteiger partial charge in [-0.3, -0.25) is 9.59 Å². The number of aryl methyl sites for hydroxylation is 1. The molecule has 0 aromatic heterocycles. The highest BCUT2D eigenvalue weighted by Gasteiger charge is 2.35. The molecule has 0 saturated heterocycles. The molecular weight excluding hydrogens is 278 g/mol. The number of aliphatic carboxylic acids is 1. The van der Waals surface area contributed by atoms with E-state index < -0.39 is 11.5 Å². The van der Waals surface area contributed by atoms with Crippen molar-refractivity contribution < 1.29 is 14.7 Å². The van der Waals surface area contributed by atoms with Crippen LogP contribution in [0.5, 0.6) is 0 Å². The highest BCUT2D eigenvalue weighted by Crippen LogP contribution is 2.32. The van der Waals surface area contributed by atoms with Gasteiger partial charge in [-0.25, -0.2) is 0 Å². The monoisotopic (exact) mass is 303 g/mol. The maximum atomic E-state index is 12.4. The molecule has 1 aliphatic carbocycles. The molecule has 120 valence electrons. The number of amides is 1. The molecule has 1 amide bonds. The first-order chi connectivity index (χ1) is 10.3. The lowest BCUT2D eigenvalue weighted by Gasteiger charge is -2.28. The van der Waals surface area contributed by atoms with Crippen LogP contribution in [0.15, 0.2) is 24.3 Å². The highest BCUT2D eigenvalue weighted by atomic mass is 16.4. The number of hydrogen-bond acceptors (Lipinski definition) is 2. The lowest BCUT2D eigenvalue weighted by molar-refractivity contribution is -0.141. The molecule has 0 bridgehead atoms. The summed E-state index contributed by atoms with van der Waals surface area (Å²) in [7, 11) is 0. The van der Waals surface area contributed by atoms with Crippen molar-refractivity contribution in [3.63, 3.8) is 0 Å². The van der Waals surface area contributed by atoms with E-state index in [0.717, 1.165) is 12.0 Å². The second kappa shape index (κ2) is 6.51. The van der Waals surface area contributed by atoms with Crippen LogP contribution in [0.4, 0.5) is 0 Å². The zero-order valence-electron chi connectivity index (χ0n) is 13.6. The number of carbonyl (C=O) groups is 2. The average molecular weight is 303 g/mol. The Hall–Kier alpha value is -1.84. The van der Waals surface area contributed by atoms with Crippen LogP contribution in [0.2, 0.25) is 0 Å². The minimum absolute atomic E-state index is 0.0340. The summed E-state index contributed by atoms with van der Waals surface area (Å²) in [6, 6.07) is 8.26. The van der Waals surface area contributed by atoms with Gasteiger partial charge in [-0.2, -0.15) is 0 Å². The number of hydrogen-bond donors (Lipinski definition) is 2. The molecule has 4 nitrogen and oxygen atoms in total. The number of carboxylic acids is 1. The largest absolute Gasteiger partial charge is 0.481 e. The lowest BCUT2D eigenvalue weighted by atomic mass is 9.92. The molecular formula is C18H25NO3. The molecule has 2 rings (SSSR count). The highest BCUT2D eigenvalue weighted by molar-refractivity contribution is 5.81. The SMILES string of the molecule is CCc1ccc(C(C)(C)NC(=O)[C@@H]2CC[C@H](C(=O)O)C2)cc1. The van der Waals surface area contributed by atoms with E-state index in [1.807, 2.05) is 26.0 Å². The summed E-state index contributed by atoms with van der Waals surface area (Å²) in [5.74, 6) is -1.38. The van der Waals surface area contributed by atoms with Gasteiger partial charge in [0.2, 0.25) is 5.91 Å². The molecule has 1 aromatic rings. The number of rotatable bonds is 5. The fraction of sp³-hybridized carbons (Fsp3) is 0.556. The van der Waals surface area contributed by atoms with Crippen LogP contribution in [0, 0.1) is 11.8 Å². The normalized spacial score (nSPS) is 21.6. The average Bonchev–Trinajstić information content (AvgIpc) is 2.97. The Morgan fingerprint density at radius 2 is 1.77 bits per heavy atom. The van der Waals surface area contributed by atoms with Crippen molar-refractivity contribution in [1.29, 1.82) is 0 Å². The molecule has 1 fully saturated rings. The van der Waals surface area contributed by atoms with Gasteiger partial charge in [0, 0.05) is 5.92 Å². The van der Waals surface area contributed by atoms with Crippen LogP contribution in [0.3, 0.4) is 0 Å². The van der Waals surface area contributed by atoms with Crippen molar-refractivity contribution in [3.8, 4) is 0 Å². The van der Waals surface area contributed by atoms with Crippen LogP contribution < -0.4 is 5.32 Å². The summed E-state index contributed by atoms with van der Waals surface area (Å²) in [5, 5.41) is 12.1. The Morgan fingerprint density at radius 1 is 1.18 bits per heavy atom. The maximum Gasteiger partial charge on any atom is 0.306 e. The Balaban J connectivity index is 2.01. The smallest absolute Gasteiger partial charge is 0.306 e. The molecule has 1 aliphatic rings. The van der Waals surface area contributed by atoms with E-state index in [9.17, 15) is 9.59 Å². The third kappa shape index (κ3) is 3.67. The summed E-state index contributed by atoms with van der Waals surface area (Å²) < 4.78 is 0. The third-order valence-corrected chi connectivity index (χ3v) is 4.67. The van der Waals surface area contributed by atoms with E-state index in [1.54, 1.807) is 0 Å². The number of nitrogens with one attached hydrogen (secondary N) is 1. The van der Waals surface area contributed by atoms with Gasteiger partial charge in [0.05, 0.1) is 11.5 Å². The minimum atomic E-state index is -0.787. The van der Waals surface area contributed by atoms with E-state index in [0.29, 0.717) is 19.3 Å². The van der Waals surface area contributed by atoms with Crippen molar-refractivity contribution in [1.82, 2.24) is 5.32 Å². The molecule has 22 heavy (non-hydrogen) atoms. The Labute approximate surface area is 131 Å². The quantitative estimate of drug-likeness (QED) is 0.878. The van der Waals surface area contributed by atoms with Crippen molar-refractivity contribution in [2.24, 2.45) is 11.8 Å². The number of carbonyl (C=O) groups excluding carboxylic acids is 1. The lowest BCUT2D eigenvalue weighted by Crippen LogP contribution is -2.43. The predicted molar refractivity (Wildman–Crippen MR) is 85.5 cm³/mol. The van der Waals surface area contributed by atoms with Crippen LogP contribution >= 0.6 is 0 Å². The molecule has 1 saturated carbocycles. The molecule has 2 N–H and O–H groups in total. The van der Waals surface area contributed by atoms with Gasteiger partial charge in [-0.15, -0.1) is 0 Å². The first-order valence-electron chi connectivity index (χ1n) is 7.97. The van der Waals surface area contributed by atoms with Crippen LogP contribution in [0.25, 0.3) is 0 Å². The number of benzene rings is 1. The summed E-state index contributed by atoms with van der Waals surface area (Å²) in [6.45, 7) is 6.08. The van der Waals surface area contributed by atoms with Crippen molar-refractivity contribution in [3.05, 3.63) is 35.4 Å². The summed E-state index contributed by atoms with van der Waals surface area (Å²) >= 11 is 0. The maximum absolute atomic E-state index is 12.4. The van der Waals surface area contributed by atoms with Gasteiger partial charge in [0.25, 0.3) is 0 Å². The molecule has 0 unspecified atom stereocenters. The van der Waals surface area contributed by atoms with Gasteiger partial charge in [-0.05, 0) is 50.7 Å². The first-order valence-corrected chi connectivity index (χ1v) is 7.97. The summed E-state index contributed by atoms with van der Waals surface area (Å²) in [6.07, 6.45) is 2.70. The molecule has 0 radical (unpaired) electrons. The molecule has 2 atom stereocenters. The van der Waals surface area contributed by atoms with Crippen molar-refractivity contribution in [2.45, 2.75) is 52.0 Å². The standard InChI is InChI=1S/C18H25NO3/c1-4-12-5-9-15(10-6-12)18(2,3)19-16(20)13-7-8-14(11-13)17(21)22/h5-6,9-10,13-14H,4,7-8,11H2,1-3H3,(H,19,20)(H,21,22)/t13-,14+/m1/s1. The molecule has 1 aromatic carbocycles. The van der Waals surface area contributed by atoms with E-state index >= 15 is 0 Å². The summed E-state index contributed by atoms with van der Waals surface area (Å²) in [4.78, 5) is 23.4. The zero-order chi connectivity index (χ0) is 16.3. The van der Waals surface area contributed by atoms with Crippen molar-refractivity contribution >= 4 is 11.9 Å². The van der Waals surface area contributed by atoms with Gasteiger partial charge in [0.1, 0.15) is 0 Å². The topological polar surface area (TPSA) is 66.4 Å². The van der Waals surface area contributed by atoms with Crippen LogP contribution in [-0.2, 0) is 21.5 Å². The zero-order valence-corrected chi connectivity index (χ0v) is 13.6. The van der Waals surface area contributed by atoms with Crippen LogP contribution in [0.1, 0.15) is 51.2 Å². The molecule has 0 heterocycles. The minimum Gasteiger partial charge on any atom is -0.481 e. The molecule has 4 heteroatoms. The Bertz CT molecular complexity index is 548. The fourth-order valence-corrected chi connectivity index (χ4v) is 3.08. The van der Waals surface area contributed by atoms with Crippen LogP contribution in [-0.4, -0.2) is 17.0 Å². The van der Waals surface area contributed by atoms with E-state index in [2.05, 4.69) is 24.4 Å². The molecule has 0 spiro atoms. The molecule has 0 aliphatic heterocycles. The predicted octanol–water partition coefficient (Wildman–Crippen LogP) is 3.10. The second-order valence-electron chi connectivity index (χ2n) is 6.71. The van der Waals surface area contributed by atoms with Gasteiger partial charge in [-0.1, -0.05) is 31.2 Å². The van der Waals surface area contributed by atoms with E-state index in [-0.39, 0.29) is 17.7 Å². The Morgan fingerprint density at radius 3 is 2.27 bits per heavy atom. The van der Waals surface area contributed by atoms with Crippen molar-refractivity contribution in [2.75, 3.05) is 0 Å². The summed E-state index contributed by atoms with van der Waals surface area (Å²) in [5.41, 5.74) is 1.88. The van der Waals surface area contributed by atoms with Gasteiger partial charge < -0.3 is 10.4 Å². The first kappa shape index (κ1) is 16.5. The third-order valence-electron chi connectivity index (χ3n) is 4.67. The second-order valence-corrected chi connectivity index (χ2v) is 6.71. The Kier molecular flexibility index (Phi) is 4.89. The van der Waals surface area contributed by atoms with Gasteiger partial charge >= 0.3 is 5.97 Å². The van der Waals surface area contributed by atoms with Gasteiger partial charge in [0.15, 0.2) is 0 Å². The van der Waals surface area contributed by atoms with E-state index in [4.69, 9.17) is 5.11 Å².